The fraction of sp³-hybridized carbons (Fsp3) is 0.800. The molecule has 72 valence electrons. The predicted octanol–water partition coefficient (Wildman–Crippen LogP) is 1.69. The van der Waals surface area contributed by atoms with Crippen LogP contribution >= 0.6 is 0 Å². The van der Waals surface area contributed by atoms with E-state index in [1.54, 1.807) is 6.92 Å². The summed E-state index contributed by atoms with van der Waals surface area (Å²) in [6, 6.07) is 0. The molecule has 1 aliphatic carbocycles. The molecule has 0 radical (unpaired) electrons. The van der Waals surface area contributed by atoms with Crippen LogP contribution in [0.4, 0.5) is 0 Å². The van der Waals surface area contributed by atoms with Crippen LogP contribution in [0.1, 0.15) is 51.9 Å². The normalized spacial score (nSPS) is 14.8. The van der Waals surface area contributed by atoms with E-state index in [-0.39, 0.29) is 25.9 Å². The first kappa shape index (κ1) is 15.6. The number of hydrogen-bond donors (Lipinski definition) is 0. The molecule has 0 N–H and O–H groups in total. The zero-order valence-electron chi connectivity index (χ0n) is 8.55. The maximum Gasteiger partial charge on any atom is 2.00 e. The Morgan fingerprint density at radius 1 is 1.31 bits per heavy atom. The molecule has 0 saturated heterocycles. The van der Waals surface area contributed by atoms with Gasteiger partial charge in [-0.3, -0.25) is 0 Å². The number of carboxylic acids is 1. The van der Waals surface area contributed by atoms with E-state index in [4.69, 9.17) is 0 Å². The molecular weight excluding hydrogens is 217 g/mol. The molecule has 0 aliphatic heterocycles. The zero-order chi connectivity index (χ0) is 9.23. The van der Waals surface area contributed by atoms with Crippen molar-refractivity contribution >= 4 is 5.97 Å². The molecule has 0 aromatic carbocycles. The molecule has 0 atom stereocenters. The SMILES string of the molecule is CCCC(=O)[O-].[CH-]1CCCCC1.[Zn+2]. The van der Waals surface area contributed by atoms with E-state index in [1.807, 2.05) is 0 Å². The van der Waals surface area contributed by atoms with Crippen molar-refractivity contribution in [3.8, 4) is 0 Å². The molecule has 0 unspecified atom stereocenters. The molecule has 0 amide bonds. The molecule has 13 heavy (non-hydrogen) atoms. The summed E-state index contributed by atoms with van der Waals surface area (Å²) in [6.07, 6.45) is 10.3. The monoisotopic (exact) mass is 234 g/mol. The smallest absolute Gasteiger partial charge is 0.550 e. The van der Waals surface area contributed by atoms with Crippen molar-refractivity contribution in [1.82, 2.24) is 0 Å². The topological polar surface area (TPSA) is 40.1 Å². The molecule has 3 heteroatoms. The van der Waals surface area contributed by atoms with Crippen LogP contribution in [-0.4, -0.2) is 5.97 Å². The molecule has 2 nitrogen and oxygen atoms in total. The maximum absolute atomic E-state index is 9.49. The minimum absolute atomic E-state index is 0. The van der Waals surface area contributed by atoms with E-state index in [0.29, 0.717) is 6.42 Å². The van der Waals surface area contributed by atoms with Gasteiger partial charge in [-0.2, -0.15) is 12.8 Å². The van der Waals surface area contributed by atoms with E-state index in [9.17, 15) is 9.90 Å². The predicted molar refractivity (Wildman–Crippen MR) is 47.3 cm³/mol. The van der Waals surface area contributed by atoms with Crippen LogP contribution < -0.4 is 5.11 Å². The summed E-state index contributed by atoms with van der Waals surface area (Å²) in [5.74, 6) is -0.961. The third kappa shape index (κ3) is 14.9. The molecule has 0 bridgehead atoms. The van der Waals surface area contributed by atoms with Crippen LogP contribution in [0.3, 0.4) is 0 Å². The van der Waals surface area contributed by atoms with Crippen molar-refractivity contribution in [3.63, 3.8) is 0 Å². The van der Waals surface area contributed by atoms with Crippen LogP contribution in [-0.2, 0) is 24.3 Å². The first-order valence-electron chi connectivity index (χ1n) is 4.79. The Labute approximate surface area is 93.9 Å². The second-order valence-corrected chi connectivity index (χ2v) is 3.05. The summed E-state index contributed by atoms with van der Waals surface area (Å²) in [6.45, 7) is 1.80. The minimum atomic E-state index is -0.961. The van der Waals surface area contributed by atoms with Gasteiger partial charge in [0.15, 0.2) is 0 Å². The molecule has 1 saturated carbocycles. The Balaban J connectivity index is 0. The Morgan fingerprint density at radius 3 is 1.92 bits per heavy atom. The molecule has 1 rings (SSSR count). The number of carbonyl (C=O) groups excluding carboxylic acids is 1. The van der Waals surface area contributed by atoms with Crippen molar-refractivity contribution in [2.24, 2.45) is 0 Å². The van der Waals surface area contributed by atoms with Crippen LogP contribution in [0.15, 0.2) is 0 Å². The maximum atomic E-state index is 9.49. The van der Waals surface area contributed by atoms with Gasteiger partial charge in [0.25, 0.3) is 0 Å². The molecule has 1 fully saturated rings. The third-order valence-corrected chi connectivity index (χ3v) is 1.77. The molecule has 0 aromatic rings. The fourth-order valence-corrected chi connectivity index (χ4v) is 1.10. The van der Waals surface area contributed by atoms with Gasteiger partial charge in [0.05, 0.1) is 0 Å². The first-order chi connectivity index (χ1) is 5.77. The second-order valence-electron chi connectivity index (χ2n) is 3.05. The van der Waals surface area contributed by atoms with Gasteiger partial charge in [0, 0.05) is 5.97 Å². The van der Waals surface area contributed by atoms with Crippen LogP contribution in [0.2, 0.25) is 0 Å². The largest absolute Gasteiger partial charge is 2.00 e. The van der Waals surface area contributed by atoms with Crippen molar-refractivity contribution in [2.75, 3.05) is 0 Å². The summed E-state index contributed by atoms with van der Waals surface area (Å²) in [5.41, 5.74) is 0. The average molecular weight is 236 g/mol. The number of aliphatic carboxylic acids is 1. The molecule has 1 aliphatic rings. The quantitative estimate of drug-likeness (QED) is 0.540. The molecule has 0 spiro atoms. The summed E-state index contributed by atoms with van der Waals surface area (Å²) in [4.78, 5) is 9.49. The van der Waals surface area contributed by atoms with Gasteiger partial charge in [0.1, 0.15) is 0 Å². The summed E-state index contributed by atoms with van der Waals surface area (Å²) in [7, 11) is 0. The zero-order valence-corrected chi connectivity index (χ0v) is 11.5. The number of hydrogen-bond acceptors (Lipinski definition) is 2. The molecule has 0 heterocycles. The first-order valence-corrected chi connectivity index (χ1v) is 4.79. The van der Waals surface area contributed by atoms with E-state index < -0.39 is 5.97 Å². The van der Waals surface area contributed by atoms with Gasteiger partial charge < -0.3 is 16.3 Å². The Hall–Kier alpha value is 0.0934. The number of carbonyl (C=O) groups is 1. The van der Waals surface area contributed by atoms with Crippen molar-refractivity contribution in [1.29, 1.82) is 0 Å². The molecular formula is C10H18O2Zn. The molecule has 0 aromatic heterocycles. The van der Waals surface area contributed by atoms with Gasteiger partial charge in [0.2, 0.25) is 0 Å². The van der Waals surface area contributed by atoms with Crippen LogP contribution in [0, 0.1) is 6.42 Å². The van der Waals surface area contributed by atoms with Crippen molar-refractivity contribution in [3.05, 3.63) is 6.42 Å². The Morgan fingerprint density at radius 2 is 1.85 bits per heavy atom. The fourth-order valence-electron chi connectivity index (χ4n) is 1.10. The number of carboxylic acid groups (broad SMARTS) is 1. The summed E-state index contributed by atoms with van der Waals surface area (Å²) >= 11 is 0. The minimum Gasteiger partial charge on any atom is -0.550 e. The van der Waals surface area contributed by atoms with Gasteiger partial charge >= 0.3 is 19.5 Å². The van der Waals surface area contributed by atoms with E-state index in [0.717, 1.165) is 0 Å². The standard InChI is InChI=1S/C6H11.C4H8O2.Zn/c1-2-4-6-5-3-1;1-2-3-4(5)6;/h1H,2-6H2;2-3H2,1H3,(H,5,6);/q-1;;+2/p-1. The van der Waals surface area contributed by atoms with Gasteiger partial charge in [-0.15, -0.1) is 0 Å². The van der Waals surface area contributed by atoms with Crippen molar-refractivity contribution < 1.29 is 29.4 Å². The Kier molecular flexibility index (Phi) is 14.5. The summed E-state index contributed by atoms with van der Waals surface area (Å²) < 4.78 is 0. The van der Waals surface area contributed by atoms with E-state index in [1.165, 1.54) is 32.1 Å². The average Bonchev–Trinajstić information content (AvgIpc) is 2.08. The summed E-state index contributed by atoms with van der Waals surface area (Å²) in [5, 5.41) is 9.49. The third-order valence-electron chi connectivity index (χ3n) is 1.77. The van der Waals surface area contributed by atoms with Crippen molar-refractivity contribution in [2.45, 2.75) is 51.9 Å². The van der Waals surface area contributed by atoms with Gasteiger partial charge in [-0.25, -0.2) is 0 Å². The number of rotatable bonds is 2. The van der Waals surface area contributed by atoms with Crippen LogP contribution in [0.5, 0.6) is 0 Å². The van der Waals surface area contributed by atoms with E-state index >= 15 is 0 Å². The van der Waals surface area contributed by atoms with Gasteiger partial charge in [-0.05, 0) is 6.42 Å². The van der Waals surface area contributed by atoms with Crippen LogP contribution in [0.25, 0.3) is 0 Å². The second kappa shape index (κ2) is 12.1. The van der Waals surface area contributed by atoms with Gasteiger partial charge in [-0.1, -0.05) is 32.6 Å². The van der Waals surface area contributed by atoms with E-state index in [2.05, 4.69) is 6.42 Å². The Bertz CT molecular complexity index is 100.0.